The van der Waals surface area contributed by atoms with E-state index in [1.807, 2.05) is 12.1 Å². The Morgan fingerprint density at radius 2 is 1.79 bits per heavy atom. The first kappa shape index (κ1) is 19.0. The van der Waals surface area contributed by atoms with Gasteiger partial charge in [-0.15, -0.1) is 0 Å². The summed E-state index contributed by atoms with van der Waals surface area (Å²) >= 11 is 0. The second kappa shape index (κ2) is 9.24. The number of aromatic nitrogens is 2. The van der Waals surface area contributed by atoms with Gasteiger partial charge in [-0.3, -0.25) is 4.90 Å². The van der Waals surface area contributed by atoms with Gasteiger partial charge in [0.05, 0.1) is 24.2 Å². The Hall–Kier alpha value is -2.33. The molecule has 2 aromatic carbocycles. The number of imidazole rings is 1. The van der Waals surface area contributed by atoms with Crippen LogP contribution in [-0.2, 0) is 13.1 Å². The largest absolute Gasteiger partial charge is 0.494 e. The molecule has 148 valence electrons. The van der Waals surface area contributed by atoms with E-state index >= 15 is 0 Å². The SMILES string of the molecule is Cc1cccc(OCCCn2c(CN3CCCCCC3)nc3ccccc32)c1. The van der Waals surface area contributed by atoms with Gasteiger partial charge in [0.15, 0.2) is 0 Å². The highest BCUT2D eigenvalue weighted by atomic mass is 16.5. The highest BCUT2D eigenvalue weighted by Crippen LogP contribution is 2.20. The van der Waals surface area contributed by atoms with Crippen molar-refractivity contribution in [1.82, 2.24) is 14.5 Å². The number of hydrogen-bond acceptors (Lipinski definition) is 3. The summed E-state index contributed by atoms with van der Waals surface area (Å²) in [5, 5.41) is 0. The zero-order valence-corrected chi connectivity index (χ0v) is 16.9. The van der Waals surface area contributed by atoms with Crippen LogP contribution in [0.15, 0.2) is 48.5 Å². The van der Waals surface area contributed by atoms with Crippen LogP contribution >= 0.6 is 0 Å². The van der Waals surface area contributed by atoms with Crippen LogP contribution in [0.25, 0.3) is 11.0 Å². The summed E-state index contributed by atoms with van der Waals surface area (Å²) in [6.07, 6.45) is 6.32. The Balaban J connectivity index is 1.43. The molecule has 1 aliphatic rings. The van der Waals surface area contributed by atoms with Gasteiger partial charge >= 0.3 is 0 Å². The molecular formula is C24H31N3O. The smallest absolute Gasteiger partial charge is 0.124 e. The number of aryl methyl sites for hydroxylation is 2. The lowest BCUT2D eigenvalue weighted by atomic mass is 10.2. The van der Waals surface area contributed by atoms with Crippen molar-refractivity contribution in [2.24, 2.45) is 0 Å². The molecule has 4 rings (SSSR count). The van der Waals surface area contributed by atoms with Crippen LogP contribution in [0.3, 0.4) is 0 Å². The molecule has 0 atom stereocenters. The predicted octanol–water partition coefficient (Wildman–Crippen LogP) is 5.19. The molecule has 28 heavy (non-hydrogen) atoms. The highest BCUT2D eigenvalue weighted by Gasteiger charge is 2.15. The van der Waals surface area contributed by atoms with E-state index in [1.54, 1.807) is 0 Å². The zero-order chi connectivity index (χ0) is 19.2. The number of hydrogen-bond donors (Lipinski definition) is 0. The van der Waals surface area contributed by atoms with Crippen molar-refractivity contribution >= 4 is 11.0 Å². The lowest BCUT2D eigenvalue weighted by Crippen LogP contribution is -2.26. The Morgan fingerprint density at radius 1 is 0.964 bits per heavy atom. The standard InChI is InChI=1S/C24H31N3O/c1-20-10-8-11-21(18-20)28-17-9-16-27-23-13-5-4-12-22(23)25-24(27)19-26-14-6-2-3-7-15-26/h4-5,8,10-13,18H,2-3,6-7,9,14-17,19H2,1H3. The summed E-state index contributed by atoms with van der Waals surface area (Å²) in [6, 6.07) is 16.8. The Bertz CT molecular complexity index is 894. The van der Waals surface area contributed by atoms with Crippen LogP contribution in [-0.4, -0.2) is 34.1 Å². The van der Waals surface area contributed by atoms with Crippen LogP contribution in [0, 0.1) is 6.92 Å². The van der Waals surface area contributed by atoms with Crippen molar-refractivity contribution in [2.75, 3.05) is 19.7 Å². The highest BCUT2D eigenvalue weighted by molar-refractivity contribution is 5.75. The van der Waals surface area contributed by atoms with Crippen LogP contribution < -0.4 is 4.74 Å². The van der Waals surface area contributed by atoms with E-state index in [2.05, 4.69) is 52.8 Å². The van der Waals surface area contributed by atoms with E-state index < -0.39 is 0 Å². The van der Waals surface area contributed by atoms with Crippen LogP contribution in [0.2, 0.25) is 0 Å². The number of benzene rings is 2. The molecule has 4 heteroatoms. The number of fused-ring (bicyclic) bond motifs is 1. The number of likely N-dealkylation sites (tertiary alicyclic amines) is 1. The fourth-order valence-electron chi connectivity index (χ4n) is 4.11. The van der Waals surface area contributed by atoms with Gasteiger partial charge in [-0.1, -0.05) is 37.1 Å². The molecule has 0 spiro atoms. The predicted molar refractivity (Wildman–Crippen MR) is 115 cm³/mol. The third-order valence-electron chi connectivity index (χ3n) is 5.58. The summed E-state index contributed by atoms with van der Waals surface area (Å²) in [7, 11) is 0. The van der Waals surface area contributed by atoms with Gasteiger partial charge in [0, 0.05) is 6.54 Å². The first-order valence-electron chi connectivity index (χ1n) is 10.7. The third-order valence-corrected chi connectivity index (χ3v) is 5.58. The van der Waals surface area contributed by atoms with E-state index in [9.17, 15) is 0 Å². The van der Waals surface area contributed by atoms with E-state index in [-0.39, 0.29) is 0 Å². The molecule has 0 radical (unpaired) electrons. The monoisotopic (exact) mass is 377 g/mol. The maximum Gasteiger partial charge on any atom is 0.124 e. The number of rotatable bonds is 7. The molecule has 2 heterocycles. The third kappa shape index (κ3) is 4.74. The molecule has 0 saturated carbocycles. The van der Waals surface area contributed by atoms with E-state index in [1.165, 1.54) is 55.7 Å². The first-order valence-corrected chi connectivity index (χ1v) is 10.7. The fraction of sp³-hybridized carbons (Fsp3) is 0.458. The maximum atomic E-state index is 5.96. The summed E-state index contributed by atoms with van der Waals surface area (Å²) in [6.45, 7) is 7.10. The number of ether oxygens (including phenoxy) is 1. The molecule has 1 aliphatic heterocycles. The van der Waals surface area contributed by atoms with E-state index in [4.69, 9.17) is 9.72 Å². The van der Waals surface area contributed by atoms with Crippen LogP contribution in [0.1, 0.15) is 43.5 Å². The molecule has 1 fully saturated rings. The second-order valence-electron chi connectivity index (χ2n) is 7.88. The normalized spacial score (nSPS) is 15.6. The van der Waals surface area contributed by atoms with Gasteiger partial charge in [0.25, 0.3) is 0 Å². The lowest BCUT2D eigenvalue weighted by Gasteiger charge is -2.20. The minimum absolute atomic E-state index is 0.721. The van der Waals surface area contributed by atoms with Gasteiger partial charge in [-0.05, 0) is 69.1 Å². The number of nitrogens with zero attached hydrogens (tertiary/aromatic N) is 3. The number of para-hydroxylation sites is 2. The molecule has 3 aromatic rings. The maximum absolute atomic E-state index is 5.96. The van der Waals surface area contributed by atoms with Gasteiger partial charge < -0.3 is 9.30 Å². The lowest BCUT2D eigenvalue weighted by molar-refractivity contribution is 0.263. The van der Waals surface area contributed by atoms with Crippen molar-refractivity contribution in [3.05, 3.63) is 59.9 Å². The molecule has 0 amide bonds. The van der Waals surface area contributed by atoms with E-state index in [0.717, 1.165) is 37.4 Å². The van der Waals surface area contributed by atoms with Gasteiger partial charge in [0.2, 0.25) is 0 Å². The van der Waals surface area contributed by atoms with Crippen molar-refractivity contribution in [1.29, 1.82) is 0 Å². The van der Waals surface area contributed by atoms with Crippen molar-refractivity contribution < 1.29 is 4.74 Å². The molecule has 0 aliphatic carbocycles. The van der Waals surface area contributed by atoms with Gasteiger partial charge in [0.1, 0.15) is 11.6 Å². The Labute approximate surface area is 168 Å². The van der Waals surface area contributed by atoms with Crippen molar-refractivity contribution in [2.45, 2.75) is 52.1 Å². The summed E-state index contributed by atoms with van der Waals surface area (Å²) in [5.41, 5.74) is 3.58. The summed E-state index contributed by atoms with van der Waals surface area (Å²) in [5.74, 6) is 2.15. The van der Waals surface area contributed by atoms with Crippen molar-refractivity contribution in [3.8, 4) is 5.75 Å². The molecule has 0 N–H and O–H groups in total. The fourth-order valence-corrected chi connectivity index (χ4v) is 4.11. The van der Waals surface area contributed by atoms with Crippen LogP contribution in [0.4, 0.5) is 0 Å². The Morgan fingerprint density at radius 3 is 2.61 bits per heavy atom. The average molecular weight is 378 g/mol. The summed E-state index contributed by atoms with van der Waals surface area (Å²) < 4.78 is 8.36. The van der Waals surface area contributed by atoms with Crippen molar-refractivity contribution in [3.63, 3.8) is 0 Å². The van der Waals surface area contributed by atoms with Crippen LogP contribution in [0.5, 0.6) is 5.75 Å². The molecule has 0 unspecified atom stereocenters. The first-order chi connectivity index (χ1) is 13.8. The quantitative estimate of drug-likeness (QED) is 0.531. The molecular weight excluding hydrogens is 346 g/mol. The molecule has 0 bridgehead atoms. The van der Waals surface area contributed by atoms with Gasteiger partial charge in [-0.25, -0.2) is 4.98 Å². The molecule has 1 saturated heterocycles. The molecule has 4 nitrogen and oxygen atoms in total. The topological polar surface area (TPSA) is 30.3 Å². The molecule has 1 aromatic heterocycles. The summed E-state index contributed by atoms with van der Waals surface area (Å²) in [4.78, 5) is 7.54. The Kier molecular flexibility index (Phi) is 6.27. The zero-order valence-electron chi connectivity index (χ0n) is 16.9. The minimum Gasteiger partial charge on any atom is -0.494 e. The van der Waals surface area contributed by atoms with E-state index in [0.29, 0.717) is 0 Å². The minimum atomic E-state index is 0.721. The van der Waals surface area contributed by atoms with Gasteiger partial charge in [-0.2, -0.15) is 0 Å². The second-order valence-corrected chi connectivity index (χ2v) is 7.88. The average Bonchev–Trinajstić information content (AvgIpc) is 2.86.